The SMILES string of the molecule is CNC=O.COc1c(C(C)n2nc(C)c3c(N)ncnc32)cc(Cl)c(C)c1-c1cccc(F)c1. The molecule has 0 spiro atoms. The van der Waals surface area contributed by atoms with Crippen molar-refractivity contribution in [2.75, 3.05) is 19.9 Å². The lowest BCUT2D eigenvalue weighted by atomic mass is 9.94. The van der Waals surface area contributed by atoms with Gasteiger partial charge in [0.05, 0.1) is 24.2 Å². The number of rotatable bonds is 5. The van der Waals surface area contributed by atoms with Crippen LogP contribution in [0.5, 0.6) is 5.75 Å². The molecule has 0 radical (unpaired) electrons. The second-order valence-electron chi connectivity index (χ2n) is 7.56. The first kappa shape index (κ1) is 24.9. The monoisotopic (exact) mass is 484 g/mol. The van der Waals surface area contributed by atoms with E-state index >= 15 is 0 Å². The first-order chi connectivity index (χ1) is 16.2. The summed E-state index contributed by atoms with van der Waals surface area (Å²) in [5.41, 5.74) is 10.4. The van der Waals surface area contributed by atoms with Gasteiger partial charge in [-0.25, -0.2) is 19.0 Å². The lowest BCUT2D eigenvalue weighted by Crippen LogP contribution is -2.12. The van der Waals surface area contributed by atoms with Crippen LogP contribution in [0.4, 0.5) is 10.2 Å². The van der Waals surface area contributed by atoms with Crippen molar-refractivity contribution in [1.82, 2.24) is 25.1 Å². The molecule has 0 aliphatic heterocycles. The van der Waals surface area contributed by atoms with Crippen LogP contribution in [0.15, 0.2) is 36.7 Å². The number of nitrogen functional groups attached to an aromatic ring is 1. The van der Waals surface area contributed by atoms with E-state index in [1.54, 1.807) is 24.9 Å². The fourth-order valence-electron chi connectivity index (χ4n) is 3.84. The Bertz CT molecular complexity index is 1340. The fourth-order valence-corrected chi connectivity index (χ4v) is 4.05. The lowest BCUT2D eigenvalue weighted by Gasteiger charge is -2.22. The molecular weight excluding hydrogens is 459 g/mol. The molecule has 1 unspecified atom stereocenters. The normalized spacial score (nSPS) is 11.5. The molecule has 2 aromatic carbocycles. The molecule has 2 heterocycles. The maximum atomic E-state index is 13.9. The van der Waals surface area contributed by atoms with E-state index in [-0.39, 0.29) is 11.9 Å². The minimum absolute atomic E-state index is 0.282. The van der Waals surface area contributed by atoms with Crippen LogP contribution in [0.3, 0.4) is 0 Å². The van der Waals surface area contributed by atoms with Crippen LogP contribution in [0.2, 0.25) is 5.02 Å². The van der Waals surface area contributed by atoms with Crippen molar-refractivity contribution in [2.24, 2.45) is 0 Å². The van der Waals surface area contributed by atoms with E-state index in [4.69, 9.17) is 26.9 Å². The van der Waals surface area contributed by atoms with Gasteiger partial charge in [-0.15, -0.1) is 0 Å². The van der Waals surface area contributed by atoms with Crippen molar-refractivity contribution in [3.63, 3.8) is 0 Å². The summed E-state index contributed by atoms with van der Waals surface area (Å²) >= 11 is 6.59. The predicted molar refractivity (Wildman–Crippen MR) is 132 cm³/mol. The molecule has 4 aromatic rings. The molecule has 0 saturated carbocycles. The zero-order valence-electron chi connectivity index (χ0n) is 19.6. The number of benzene rings is 2. The molecule has 2 aromatic heterocycles. The average molecular weight is 485 g/mol. The van der Waals surface area contributed by atoms with Crippen molar-refractivity contribution in [2.45, 2.75) is 26.8 Å². The van der Waals surface area contributed by atoms with Gasteiger partial charge in [0, 0.05) is 23.2 Å². The third kappa shape index (κ3) is 4.65. The van der Waals surface area contributed by atoms with E-state index < -0.39 is 0 Å². The Morgan fingerprint density at radius 2 is 1.97 bits per heavy atom. The van der Waals surface area contributed by atoms with Gasteiger partial charge >= 0.3 is 0 Å². The first-order valence-corrected chi connectivity index (χ1v) is 10.8. The molecule has 3 N–H and O–H groups in total. The van der Waals surface area contributed by atoms with Crippen molar-refractivity contribution in [3.05, 3.63) is 64.3 Å². The number of amides is 1. The maximum Gasteiger partial charge on any atom is 0.206 e. The lowest BCUT2D eigenvalue weighted by molar-refractivity contribution is -0.109. The van der Waals surface area contributed by atoms with Gasteiger partial charge in [-0.1, -0.05) is 23.7 Å². The standard InChI is InChI=1S/C22H21ClFN5O.C2H5NO/c1-11-17(23)9-16(20(30-4)18(11)14-6-5-7-15(24)8-14)13(3)29-22-19(12(2)28-29)21(25)26-10-27-22;1-3-2-4/h5-10,13H,1-4H3,(H2,25,26,27);2H,1H3,(H,3,4). The molecule has 0 aliphatic carbocycles. The molecule has 0 fully saturated rings. The Balaban J connectivity index is 0.000000751. The van der Waals surface area contributed by atoms with Crippen molar-refractivity contribution >= 4 is 34.9 Å². The summed E-state index contributed by atoms with van der Waals surface area (Å²) in [5, 5.41) is 8.17. The number of nitrogens with zero attached hydrogens (tertiary/aromatic N) is 4. The fraction of sp³-hybridized carbons (Fsp3) is 0.250. The van der Waals surface area contributed by atoms with E-state index in [2.05, 4.69) is 20.4 Å². The third-order valence-electron chi connectivity index (χ3n) is 5.45. The summed E-state index contributed by atoms with van der Waals surface area (Å²) < 4.78 is 21.5. The second-order valence-corrected chi connectivity index (χ2v) is 7.97. The van der Waals surface area contributed by atoms with Gasteiger partial charge in [-0.05, 0) is 50.1 Å². The van der Waals surface area contributed by atoms with Crippen LogP contribution in [0.1, 0.15) is 29.8 Å². The minimum Gasteiger partial charge on any atom is -0.496 e. The second kappa shape index (κ2) is 10.5. The molecule has 1 amide bonds. The Labute approximate surface area is 201 Å². The molecule has 0 saturated heterocycles. The average Bonchev–Trinajstić information content (AvgIpc) is 3.17. The van der Waals surface area contributed by atoms with Gasteiger partial charge in [0.25, 0.3) is 0 Å². The summed E-state index contributed by atoms with van der Waals surface area (Å²) in [6.45, 7) is 5.73. The van der Waals surface area contributed by atoms with Crippen LogP contribution in [0, 0.1) is 19.7 Å². The number of carbonyl (C=O) groups excluding carboxylic acids is 1. The van der Waals surface area contributed by atoms with Gasteiger partial charge < -0.3 is 15.8 Å². The number of nitrogens with two attached hydrogens (primary N) is 1. The summed E-state index contributed by atoms with van der Waals surface area (Å²) in [4.78, 5) is 17.5. The summed E-state index contributed by atoms with van der Waals surface area (Å²) in [6.07, 6.45) is 2.04. The summed E-state index contributed by atoms with van der Waals surface area (Å²) in [5.74, 6) is 0.660. The number of fused-ring (bicyclic) bond motifs is 1. The number of ether oxygens (including phenoxy) is 1. The maximum absolute atomic E-state index is 13.9. The topological polar surface area (TPSA) is 108 Å². The molecule has 178 valence electrons. The van der Waals surface area contributed by atoms with E-state index in [0.717, 1.165) is 22.4 Å². The highest BCUT2D eigenvalue weighted by atomic mass is 35.5. The van der Waals surface area contributed by atoms with Gasteiger partial charge in [0.15, 0.2) is 5.65 Å². The smallest absolute Gasteiger partial charge is 0.206 e. The number of hydrogen-bond acceptors (Lipinski definition) is 6. The van der Waals surface area contributed by atoms with Gasteiger partial charge in [-0.2, -0.15) is 5.10 Å². The molecular formula is C24H26ClFN6O2. The van der Waals surface area contributed by atoms with Crippen molar-refractivity contribution < 1.29 is 13.9 Å². The molecule has 1 atom stereocenters. The zero-order chi connectivity index (χ0) is 25.0. The molecule has 34 heavy (non-hydrogen) atoms. The van der Waals surface area contributed by atoms with Gasteiger partial charge in [0.1, 0.15) is 23.7 Å². The molecule has 4 rings (SSSR count). The highest BCUT2D eigenvalue weighted by molar-refractivity contribution is 6.32. The number of aryl methyl sites for hydroxylation is 1. The Hall–Kier alpha value is -3.72. The highest BCUT2D eigenvalue weighted by Crippen LogP contribution is 2.43. The summed E-state index contributed by atoms with van der Waals surface area (Å²) in [7, 11) is 3.15. The quantitative estimate of drug-likeness (QED) is 0.405. The largest absolute Gasteiger partial charge is 0.496 e. The van der Waals surface area contributed by atoms with Crippen LogP contribution < -0.4 is 15.8 Å². The number of aromatic nitrogens is 4. The number of halogens is 2. The number of carbonyl (C=O) groups is 1. The molecule has 0 bridgehead atoms. The number of anilines is 1. The Kier molecular flexibility index (Phi) is 7.68. The van der Waals surface area contributed by atoms with Crippen molar-refractivity contribution in [3.8, 4) is 16.9 Å². The zero-order valence-corrected chi connectivity index (χ0v) is 20.3. The van der Waals surface area contributed by atoms with Crippen LogP contribution in [0.25, 0.3) is 22.2 Å². The van der Waals surface area contributed by atoms with E-state index in [1.807, 2.05) is 32.9 Å². The predicted octanol–water partition coefficient (Wildman–Crippen LogP) is 4.46. The highest BCUT2D eigenvalue weighted by Gasteiger charge is 2.25. The number of hydrogen-bond donors (Lipinski definition) is 2. The molecule has 8 nitrogen and oxygen atoms in total. The minimum atomic E-state index is -0.329. The Morgan fingerprint density at radius 1 is 1.26 bits per heavy atom. The van der Waals surface area contributed by atoms with E-state index in [9.17, 15) is 4.39 Å². The first-order valence-electron chi connectivity index (χ1n) is 10.4. The van der Waals surface area contributed by atoms with Crippen LogP contribution >= 0.6 is 11.6 Å². The molecule has 0 aliphatic rings. The Morgan fingerprint density at radius 3 is 2.59 bits per heavy atom. The van der Waals surface area contributed by atoms with Crippen molar-refractivity contribution in [1.29, 1.82) is 0 Å². The number of methoxy groups -OCH3 is 1. The van der Waals surface area contributed by atoms with Crippen LogP contribution in [-0.4, -0.2) is 40.3 Å². The van der Waals surface area contributed by atoms with Gasteiger partial charge in [-0.3, -0.25) is 4.79 Å². The van der Waals surface area contributed by atoms with E-state index in [0.29, 0.717) is 39.6 Å². The summed E-state index contributed by atoms with van der Waals surface area (Å²) in [6, 6.07) is 7.95. The van der Waals surface area contributed by atoms with E-state index in [1.165, 1.54) is 18.5 Å². The van der Waals surface area contributed by atoms with Gasteiger partial charge in [0.2, 0.25) is 6.41 Å². The number of nitrogens with one attached hydrogen (secondary N) is 1. The third-order valence-corrected chi connectivity index (χ3v) is 5.84. The van der Waals surface area contributed by atoms with Crippen LogP contribution in [-0.2, 0) is 4.79 Å². The molecule has 10 heteroatoms.